The van der Waals surface area contributed by atoms with Gasteiger partial charge in [-0.3, -0.25) is 9.48 Å². The summed E-state index contributed by atoms with van der Waals surface area (Å²) in [7, 11) is -3.19. The predicted octanol–water partition coefficient (Wildman–Crippen LogP) is 0.752. The van der Waals surface area contributed by atoms with E-state index in [1.165, 1.54) is 0 Å². The van der Waals surface area contributed by atoms with Gasteiger partial charge in [0.2, 0.25) is 15.9 Å². The summed E-state index contributed by atoms with van der Waals surface area (Å²) in [4.78, 5) is 14.2. The molecule has 1 N–H and O–H groups in total. The van der Waals surface area contributed by atoms with Crippen LogP contribution in [0.5, 0.6) is 0 Å². The first-order valence-electron chi connectivity index (χ1n) is 7.51. The first-order chi connectivity index (χ1) is 10.3. The van der Waals surface area contributed by atoms with Crippen molar-refractivity contribution in [1.82, 2.24) is 19.4 Å². The number of amides is 1. The average Bonchev–Trinajstić information content (AvgIpc) is 2.84. The molecular weight excluding hydrogens is 304 g/mol. The lowest BCUT2D eigenvalue weighted by Crippen LogP contribution is -2.42. The summed E-state index contributed by atoms with van der Waals surface area (Å²) in [5.74, 6) is 0.466. The Kier molecular flexibility index (Phi) is 5.23. The maximum Gasteiger partial charge on any atom is 0.223 e. The Morgan fingerprint density at radius 3 is 2.86 bits per heavy atom. The molecule has 1 atom stereocenters. The van der Waals surface area contributed by atoms with E-state index in [-0.39, 0.29) is 11.9 Å². The summed E-state index contributed by atoms with van der Waals surface area (Å²) in [6.45, 7) is 5.54. The van der Waals surface area contributed by atoms with Crippen molar-refractivity contribution in [2.24, 2.45) is 5.92 Å². The number of rotatable bonds is 6. The van der Waals surface area contributed by atoms with E-state index in [4.69, 9.17) is 0 Å². The van der Waals surface area contributed by atoms with E-state index < -0.39 is 10.0 Å². The molecule has 0 saturated carbocycles. The van der Waals surface area contributed by atoms with Crippen LogP contribution in [0, 0.1) is 5.92 Å². The number of fused-ring (bicyclic) bond motifs is 1. The number of sulfonamides is 1. The van der Waals surface area contributed by atoms with Gasteiger partial charge in [-0.05, 0) is 18.4 Å². The van der Waals surface area contributed by atoms with Crippen molar-refractivity contribution < 1.29 is 13.2 Å². The number of hydrogen-bond donors (Lipinski definition) is 1. The average molecular weight is 328 g/mol. The molecule has 0 spiro atoms. The quantitative estimate of drug-likeness (QED) is 0.835. The van der Waals surface area contributed by atoms with Gasteiger partial charge in [0, 0.05) is 25.7 Å². The van der Waals surface area contributed by atoms with Gasteiger partial charge in [0.1, 0.15) is 0 Å². The zero-order valence-corrected chi connectivity index (χ0v) is 14.1. The molecule has 8 heteroatoms. The number of hydrogen-bond acceptors (Lipinski definition) is 4. The van der Waals surface area contributed by atoms with E-state index in [0.29, 0.717) is 38.4 Å². The number of nitrogens with zero attached hydrogens (tertiary/aromatic N) is 3. The van der Waals surface area contributed by atoms with Crippen LogP contribution in [0.15, 0.2) is 12.3 Å². The highest BCUT2D eigenvalue weighted by Crippen LogP contribution is 2.23. The Hall–Kier alpha value is -1.41. The summed E-state index contributed by atoms with van der Waals surface area (Å²) in [6, 6.07) is 1.91. The number of aromatic nitrogens is 2. The van der Waals surface area contributed by atoms with Crippen LogP contribution in [0.25, 0.3) is 0 Å². The van der Waals surface area contributed by atoms with E-state index in [1.807, 2.05) is 29.5 Å². The highest BCUT2D eigenvalue weighted by atomic mass is 32.2. The summed E-state index contributed by atoms with van der Waals surface area (Å²) in [6.07, 6.45) is 4.00. The normalized spacial score (nSPS) is 18.5. The van der Waals surface area contributed by atoms with Crippen LogP contribution in [0.1, 0.15) is 38.4 Å². The summed E-state index contributed by atoms with van der Waals surface area (Å²) < 4.78 is 26.7. The molecule has 2 rings (SSSR count). The summed E-state index contributed by atoms with van der Waals surface area (Å²) in [5.41, 5.74) is 0.993. The van der Waals surface area contributed by atoms with Gasteiger partial charge in [-0.25, -0.2) is 13.1 Å². The van der Waals surface area contributed by atoms with Gasteiger partial charge < -0.3 is 4.90 Å². The monoisotopic (exact) mass is 328 g/mol. The van der Waals surface area contributed by atoms with Crippen molar-refractivity contribution in [3.8, 4) is 0 Å². The number of carbonyl (C=O) groups excluding carboxylic acids is 1. The minimum absolute atomic E-state index is 0.00381. The maximum absolute atomic E-state index is 12.3. The molecule has 1 aliphatic rings. The topological polar surface area (TPSA) is 84.3 Å². The van der Waals surface area contributed by atoms with Crippen molar-refractivity contribution in [2.45, 2.75) is 39.3 Å². The zero-order chi connectivity index (χ0) is 16.3. The first kappa shape index (κ1) is 17.0. The van der Waals surface area contributed by atoms with E-state index in [2.05, 4.69) is 9.82 Å². The van der Waals surface area contributed by atoms with Gasteiger partial charge in [-0.2, -0.15) is 5.10 Å². The molecule has 2 heterocycles. The summed E-state index contributed by atoms with van der Waals surface area (Å²) in [5, 5.41) is 4.31. The second kappa shape index (κ2) is 6.78. The van der Waals surface area contributed by atoms with Crippen LogP contribution >= 0.6 is 0 Å². The maximum atomic E-state index is 12.3. The van der Waals surface area contributed by atoms with Crippen LogP contribution in [0.4, 0.5) is 0 Å². The van der Waals surface area contributed by atoms with Crippen LogP contribution in [-0.2, 0) is 21.4 Å². The van der Waals surface area contributed by atoms with Crippen molar-refractivity contribution in [3.05, 3.63) is 18.0 Å². The van der Waals surface area contributed by atoms with E-state index in [9.17, 15) is 13.2 Å². The molecule has 0 fully saturated rings. The van der Waals surface area contributed by atoms with Crippen LogP contribution in [0.2, 0.25) is 0 Å². The number of carbonyl (C=O) groups is 1. The molecule has 0 saturated heterocycles. The number of nitrogens with one attached hydrogen (secondary N) is 1. The second-order valence-electron chi connectivity index (χ2n) is 6.25. The van der Waals surface area contributed by atoms with E-state index in [0.717, 1.165) is 11.9 Å². The summed E-state index contributed by atoms with van der Waals surface area (Å²) >= 11 is 0. The molecule has 124 valence electrons. The second-order valence-corrected chi connectivity index (χ2v) is 8.08. The molecule has 1 aromatic heterocycles. The largest absolute Gasteiger partial charge is 0.335 e. The van der Waals surface area contributed by atoms with Crippen LogP contribution in [0.3, 0.4) is 0 Å². The minimum atomic E-state index is -3.19. The third-order valence-electron chi connectivity index (χ3n) is 3.66. The predicted molar refractivity (Wildman–Crippen MR) is 83.6 cm³/mol. The molecule has 0 aliphatic carbocycles. The zero-order valence-electron chi connectivity index (χ0n) is 13.3. The minimum Gasteiger partial charge on any atom is -0.335 e. The fourth-order valence-electron chi connectivity index (χ4n) is 2.68. The lowest BCUT2D eigenvalue weighted by molar-refractivity contribution is -0.134. The molecule has 1 aromatic rings. The standard InChI is InChI=1S/C14H24N4O3S/c1-11(2)8-14(19)17-9-12-4-6-15-18(12)13(10-17)5-7-16-22(3,20)21/h4,6,11,13,16H,5,7-10H2,1-3H3. The van der Waals surface area contributed by atoms with Crippen LogP contribution < -0.4 is 4.72 Å². The smallest absolute Gasteiger partial charge is 0.223 e. The fraction of sp³-hybridized carbons (Fsp3) is 0.714. The third-order valence-corrected chi connectivity index (χ3v) is 4.39. The molecule has 22 heavy (non-hydrogen) atoms. The molecule has 7 nitrogen and oxygen atoms in total. The molecular formula is C14H24N4O3S. The van der Waals surface area contributed by atoms with Gasteiger partial charge in [-0.15, -0.1) is 0 Å². The van der Waals surface area contributed by atoms with Gasteiger partial charge >= 0.3 is 0 Å². The molecule has 1 amide bonds. The molecule has 0 aromatic carbocycles. The van der Waals surface area contributed by atoms with E-state index >= 15 is 0 Å². The highest BCUT2D eigenvalue weighted by molar-refractivity contribution is 7.88. The Morgan fingerprint density at radius 2 is 2.23 bits per heavy atom. The van der Waals surface area contributed by atoms with Gasteiger partial charge in [-0.1, -0.05) is 13.8 Å². The van der Waals surface area contributed by atoms with Gasteiger partial charge in [0.05, 0.1) is 24.5 Å². The third kappa shape index (κ3) is 4.54. The van der Waals surface area contributed by atoms with Crippen molar-refractivity contribution in [1.29, 1.82) is 0 Å². The van der Waals surface area contributed by atoms with Gasteiger partial charge in [0.25, 0.3) is 0 Å². The molecule has 0 radical (unpaired) electrons. The van der Waals surface area contributed by atoms with Crippen molar-refractivity contribution in [2.75, 3.05) is 19.3 Å². The van der Waals surface area contributed by atoms with E-state index in [1.54, 1.807) is 6.20 Å². The first-order valence-corrected chi connectivity index (χ1v) is 9.40. The lowest BCUT2D eigenvalue weighted by atomic mass is 10.1. The molecule has 1 aliphatic heterocycles. The highest BCUT2D eigenvalue weighted by Gasteiger charge is 2.28. The lowest BCUT2D eigenvalue weighted by Gasteiger charge is -2.34. The Labute approximate surface area is 131 Å². The van der Waals surface area contributed by atoms with Crippen molar-refractivity contribution in [3.63, 3.8) is 0 Å². The van der Waals surface area contributed by atoms with Crippen molar-refractivity contribution >= 4 is 15.9 Å². The fourth-order valence-corrected chi connectivity index (χ4v) is 3.17. The Morgan fingerprint density at radius 1 is 1.50 bits per heavy atom. The Bertz CT molecular complexity index is 624. The van der Waals surface area contributed by atoms with Gasteiger partial charge in [0.15, 0.2) is 0 Å². The molecule has 0 bridgehead atoms. The van der Waals surface area contributed by atoms with Crippen LogP contribution in [-0.4, -0.2) is 48.4 Å². The Balaban J connectivity index is 2.04. The molecule has 1 unspecified atom stereocenters. The SMILES string of the molecule is CC(C)CC(=O)N1Cc2ccnn2C(CCNS(C)(=O)=O)C1.